The molecule has 1 atom stereocenters. The second kappa shape index (κ2) is 5.71. The van der Waals surface area contributed by atoms with E-state index in [-0.39, 0.29) is 5.91 Å². The van der Waals surface area contributed by atoms with E-state index >= 15 is 0 Å². The maximum Gasteiger partial charge on any atom is 0.242 e. The molecule has 2 rings (SSSR count). The zero-order valence-electron chi connectivity index (χ0n) is 11.8. The monoisotopic (exact) mass is 266 g/mol. The second-order valence-electron chi connectivity index (χ2n) is 5.11. The van der Waals surface area contributed by atoms with Gasteiger partial charge in [0.25, 0.3) is 0 Å². The highest BCUT2D eigenvalue weighted by Gasteiger charge is 2.40. The van der Waals surface area contributed by atoms with Gasteiger partial charge in [0.1, 0.15) is 5.54 Å². The highest BCUT2D eigenvalue weighted by molar-refractivity contribution is 5.86. The molecule has 0 radical (unpaired) electrons. The first-order chi connectivity index (χ1) is 9.09. The molecule has 1 unspecified atom stereocenters. The molecule has 0 bridgehead atoms. The summed E-state index contributed by atoms with van der Waals surface area (Å²) in [6.07, 6.45) is 3.61. The van der Waals surface area contributed by atoms with Crippen LogP contribution in [0, 0.1) is 6.92 Å². The summed E-state index contributed by atoms with van der Waals surface area (Å²) < 4.78 is 7.00. The third-order valence-corrected chi connectivity index (χ3v) is 3.85. The van der Waals surface area contributed by atoms with Crippen molar-refractivity contribution in [3.63, 3.8) is 0 Å². The van der Waals surface area contributed by atoms with Crippen LogP contribution >= 0.6 is 0 Å². The first-order valence-corrected chi connectivity index (χ1v) is 6.59. The van der Waals surface area contributed by atoms with Crippen molar-refractivity contribution in [2.24, 2.45) is 7.05 Å². The number of aromatic nitrogens is 2. The molecule has 6 heteroatoms. The van der Waals surface area contributed by atoms with Crippen molar-refractivity contribution in [1.29, 1.82) is 0 Å². The molecule has 106 valence electrons. The highest BCUT2D eigenvalue weighted by atomic mass is 16.5. The Morgan fingerprint density at radius 1 is 1.68 bits per heavy atom. The molecule has 2 heterocycles. The van der Waals surface area contributed by atoms with E-state index in [0.717, 1.165) is 30.6 Å². The van der Waals surface area contributed by atoms with E-state index in [1.54, 1.807) is 18.0 Å². The van der Waals surface area contributed by atoms with Crippen LogP contribution in [-0.4, -0.2) is 41.5 Å². The van der Waals surface area contributed by atoms with E-state index in [2.05, 4.69) is 15.7 Å². The minimum absolute atomic E-state index is 0.00935. The fraction of sp³-hybridized carbons (Fsp3) is 0.692. The Hall–Kier alpha value is -1.40. The molecule has 1 fully saturated rings. The van der Waals surface area contributed by atoms with Crippen LogP contribution in [0.2, 0.25) is 0 Å². The number of methoxy groups -OCH3 is 1. The van der Waals surface area contributed by atoms with Gasteiger partial charge in [0.2, 0.25) is 5.91 Å². The summed E-state index contributed by atoms with van der Waals surface area (Å²) in [5.74, 6) is 0.00935. The van der Waals surface area contributed by atoms with E-state index in [0.29, 0.717) is 13.2 Å². The molecule has 1 aromatic heterocycles. The summed E-state index contributed by atoms with van der Waals surface area (Å²) >= 11 is 0. The Balaban J connectivity index is 1.98. The van der Waals surface area contributed by atoms with Crippen LogP contribution in [0.5, 0.6) is 0 Å². The van der Waals surface area contributed by atoms with Crippen molar-refractivity contribution < 1.29 is 9.53 Å². The number of rotatable bonds is 5. The quantitative estimate of drug-likeness (QED) is 0.794. The number of amides is 1. The molecular formula is C13H22N4O2. The SMILES string of the molecule is COCC1(C(=O)NCc2cnn(C)c2C)CCCN1. The predicted octanol–water partition coefficient (Wildman–Crippen LogP) is 0.113. The summed E-state index contributed by atoms with van der Waals surface area (Å²) in [5.41, 5.74) is 1.55. The van der Waals surface area contributed by atoms with Crippen molar-refractivity contribution in [2.75, 3.05) is 20.3 Å². The fourth-order valence-electron chi connectivity index (χ4n) is 2.50. The number of carbonyl (C=O) groups excluding carboxylic acids is 1. The Morgan fingerprint density at radius 3 is 3.00 bits per heavy atom. The molecule has 1 amide bonds. The van der Waals surface area contributed by atoms with Crippen LogP contribution < -0.4 is 10.6 Å². The lowest BCUT2D eigenvalue weighted by Gasteiger charge is -2.27. The summed E-state index contributed by atoms with van der Waals surface area (Å²) in [4.78, 5) is 12.4. The van der Waals surface area contributed by atoms with Crippen LogP contribution in [-0.2, 0) is 23.1 Å². The fourth-order valence-corrected chi connectivity index (χ4v) is 2.50. The lowest BCUT2D eigenvalue weighted by Crippen LogP contribution is -2.56. The molecule has 1 aromatic rings. The maximum absolute atomic E-state index is 12.4. The summed E-state index contributed by atoms with van der Waals surface area (Å²) in [6.45, 7) is 3.77. The Morgan fingerprint density at radius 2 is 2.47 bits per heavy atom. The number of hydrogen-bond donors (Lipinski definition) is 2. The third kappa shape index (κ3) is 2.79. The van der Waals surface area contributed by atoms with Crippen LogP contribution in [0.1, 0.15) is 24.1 Å². The Labute approximate surface area is 113 Å². The van der Waals surface area contributed by atoms with Gasteiger partial charge in [0, 0.05) is 32.0 Å². The molecule has 1 saturated heterocycles. The normalized spacial score (nSPS) is 22.7. The van der Waals surface area contributed by atoms with E-state index in [1.165, 1.54) is 0 Å². The summed E-state index contributed by atoms with van der Waals surface area (Å²) in [5, 5.41) is 10.4. The van der Waals surface area contributed by atoms with E-state index in [1.807, 2.05) is 14.0 Å². The standard InChI is InChI=1S/C13H22N4O2/c1-10-11(8-16-17(10)2)7-14-12(18)13(9-19-3)5-4-6-15-13/h8,15H,4-7,9H2,1-3H3,(H,14,18). The van der Waals surface area contributed by atoms with Gasteiger partial charge in [0.15, 0.2) is 0 Å². The number of hydrogen-bond acceptors (Lipinski definition) is 4. The smallest absolute Gasteiger partial charge is 0.242 e. The largest absolute Gasteiger partial charge is 0.382 e. The number of nitrogens with one attached hydrogen (secondary N) is 2. The third-order valence-electron chi connectivity index (χ3n) is 3.85. The first-order valence-electron chi connectivity index (χ1n) is 6.59. The van der Waals surface area contributed by atoms with Gasteiger partial charge < -0.3 is 15.4 Å². The van der Waals surface area contributed by atoms with Crippen LogP contribution in [0.15, 0.2) is 6.20 Å². The molecular weight excluding hydrogens is 244 g/mol. The molecule has 6 nitrogen and oxygen atoms in total. The average molecular weight is 266 g/mol. The maximum atomic E-state index is 12.4. The van der Waals surface area contributed by atoms with E-state index in [9.17, 15) is 4.79 Å². The topological polar surface area (TPSA) is 68.2 Å². The van der Waals surface area contributed by atoms with Gasteiger partial charge in [-0.25, -0.2) is 0 Å². The summed E-state index contributed by atoms with van der Waals surface area (Å²) in [6, 6.07) is 0. The lowest BCUT2D eigenvalue weighted by molar-refractivity contribution is -0.129. The van der Waals surface area contributed by atoms with Crippen LogP contribution in [0.3, 0.4) is 0 Å². The average Bonchev–Trinajstić information content (AvgIpc) is 2.98. The zero-order chi connectivity index (χ0) is 13.9. The van der Waals surface area contributed by atoms with Crippen molar-refractivity contribution in [2.45, 2.75) is 31.8 Å². The molecule has 1 aliphatic rings. The first kappa shape index (κ1) is 14.0. The molecule has 2 N–H and O–H groups in total. The van der Waals surface area contributed by atoms with E-state index < -0.39 is 5.54 Å². The second-order valence-corrected chi connectivity index (χ2v) is 5.11. The number of aryl methyl sites for hydroxylation is 1. The van der Waals surface area contributed by atoms with E-state index in [4.69, 9.17) is 4.74 Å². The van der Waals surface area contributed by atoms with Crippen LogP contribution in [0.25, 0.3) is 0 Å². The van der Waals surface area contributed by atoms with Gasteiger partial charge in [0.05, 0.1) is 12.8 Å². The van der Waals surface area contributed by atoms with Gasteiger partial charge >= 0.3 is 0 Å². The molecule has 0 aliphatic carbocycles. The molecule has 0 aromatic carbocycles. The number of carbonyl (C=O) groups is 1. The number of nitrogens with zero attached hydrogens (tertiary/aromatic N) is 2. The zero-order valence-corrected chi connectivity index (χ0v) is 11.8. The lowest BCUT2D eigenvalue weighted by atomic mass is 9.97. The van der Waals surface area contributed by atoms with Gasteiger partial charge in [-0.3, -0.25) is 9.48 Å². The minimum Gasteiger partial charge on any atom is -0.382 e. The van der Waals surface area contributed by atoms with Crippen molar-refractivity contribution in [3.05, 3.63) is 17.5 Å². The van der Waals surface area contributed by atoms with Gasteiger partial charge in [-0.15, -0.1) is 0 Å². The Kier molecular flexibility index (Phi) is 4.21. The van der Waals surface area contributed by atoms with Gasteiger partial charge in [-0.05, 0) is 26.3 Å². The van der Waals surface area contributed by atoms with Gasteiger partial charge in [-0.2, -0.15) is 5.10 Å². The minimum atomic E-state index is -0.565. The van der Waals surface area contributed by atoms with Crippen molar-refractivity contribution in [3.8, 4) is 0 Å². The van der Waals surface area contributed by atoms with Crippen LogP contribution in [0.4, 0.5) is 0 Å². The molecule has 0 saturated carbocycles. The van der Waals surface area contributed by atoms with Crippen molar-refractivity contribution in [1.82, 2.24) is 20.4 Å². The van der Waals surface area contributed by atoms with Gasteiger partial charge in [-0.1, -0.05) is 0 Å². The Bertz CT molecular complexity index is 449. The number of ether oxygens (including phenoxy) is 1. The highest BCUT2D eigenvalue weighted by Crippen LogP contribution is 2.20. The van der Waals surface area contributed by atoms with Crippen molar-refractivity contribution >= 4 is 5.91 Å². The summed E-state index contributed by atoms with van der Waals surface area (Å²) in [7, 11) is 3.52. The molecule has 0 spiro atoms. The molecule has 1 aliphatic heterocycles. The molecule has 19 heavy (non-hydrogen) atoms. The predicted molar refractivity (Wildman–Crippen MR) is 71.6 cm³/mol.